The number of halogens is 2. The van der Waals surface area contributed by atoms with E-state index in [0.29, 0.717) is 6.54 Å². The highest BCUT2D eigenvalue weighted by Gasteiger charge is 2.05. The van der Waals surface area contributed by atoms with Gasteiger partial charge in [-0.2, -0.15) is 0 Å². The average Bonchev–Trinajstić information content (AvgIpc) is 2.79. The third-order valence-corrected chi connectivity index (χ3v) is 3.27. The molecule has 0 radical (unpaired) electrons. The highest BCUT2D eigenvalue weighted by atomic mass is 127. The first-order valence-electron chi connectivity index (χ1n) is 5.96. The third-order valence-electron chi connectivity index (χ3n) is 2.80. The van der Waals surface area contributed by atoms with Crippen molar-refractivity contribution < 1.29 is 0 Å². The molecular weight excluding hydrogens is 421 g/mol. The second-order valence-electron chi connectivity index (χ2n) is 4.21. The number of rotatable bonds is 2. The molecule has 0 amide bonds. The maximum atomic E-state index is 4.54. The summed E-state index contributed by atoms with van der Waals surface area (Å²) in [6, 6.07) is 3.98. The van der Waals surface area contributed by atoms with Crippen LogP contribution in [0, 0.1) is 0 Å². The predicted molar refractivity (Wildman–Crippen MR) is 90.1 cm³/mol. The van der Waals surface area contributed by atoms with Crippen LogP contribution in [0.2, 0.25) is 0 Å². The van der Waals surface area contributed by atoms with E-state index in [1.165, 1.54) is 0 Å². The first-order chi connectivity index (χ1) is 8.81. The molecule has 5 nitrogen and oxygen atoms in total. The molecule has 2 aromatic rings. The molecule has 0 unspecified atom stereocenters. The summed E-state index contributed by atoms with van der Waals surface area (Å²) in [7, 11) is 0. The van der Waals surface area contributed by atoms with Crippen molar-refractivity contribution in [3.8, 4) is 0 Å². The number of nitrogens with zero attached hydrogens (tertiary/aromatic N) is 3. The highest BCUT2D eigenvalue weighted by Crippen LogP contribution is 2.12. The minimum Gasteiger partial charge on any atom is -0.356 e. The number of nitrogens with one attached hydrogen (secondary N) is 2. The molecule has 0 saturated heterocycles. The summed E-state index contributed by atoms with van der Waals surface area (Å²) in [5.74, 6) is 0.875. The smallest absolute Gasteiger partial charge is 0.191 e. The SMILES string of the molecule is Brc1ccc2nc(CNC3=NCCCN3)cn2c1.I. The number of imidazole rings is 1. The second-order valence-corrected chi connectivity index (χ2v) is 5.12. The minimum absolute atomic E-state index is 0. The summed E-state index contributed by atoms with van der Waals surface area (Å²) in [6.07, 6.45) is 5.13. The fourth-order valence-electron chi connectivity index (χ4n) is 1.93. The molecule has 0 atom stereocenters. The standard InChI is InChI=1S/C12H14BrN5.HI/c13-9-2-3-11-17-10(8-18(11)7-9)6-16-12-14-4-1-5-15-12;/h2-3,7-8H,1,4-6H2,(H2,14,15,16);1H. The van der Waals surface area contributed by atoms with Gasteiger partial charge in [0, 0.05) is 30.0 Å². The molecule has 0 spiro atoms. The number of fused-ring (bicyclic) bond motifs is 1. The number of hydrogen-bond donors (Lipinski definition) is 2. The van der Waals surface area contributed by atoms with Crippen LogP contribution in [-0.4, -0.2) is 28.4 Å². The van der Waals surface area contributed by atoms with Crippen LogP contribution >= 0.6 is 39.9 Å². The molecule has 0 aliphatic carbocycles. The van der Waals surface area contributed by atoms with Crippen LogP contribution in [0.5, 0.6) is 0 Å². The Morgan fingerprint density at radius 3 is 3.05 bits per heavy atom. The van der Waals surface area contributed by atoms with E-state index in [1.807, 2.05) is 28.9 Å². The van der Waals surface area contributed by atoms with Crippen LogP contribution < -0.4 is 10.6 Å². The Kier molecular flexibility index (Phi) is 5.03. The van der Waals surface area contributed by atoms with Crippen molar-refractivity contribution in [3.63, 3.8) is 0 Å². The lowest BCUT2D eigenvalue weighted by Crippen LogP contribution is -2.40. The van der Waals surface area contributed by atoms with Crippen molar-refractivity contribution in [1.82, 2.24) is 20.0 Å². The fraction of sp³-hybridized carbons (Fsp3) is 0.333. The summed E-state index contributed by atoms with van der Waals surface area (Å²) in [5, 5.41) is 6.49. The molecule has 2 aromatic heterocycles. The molecule has 0 fully saturated rings. The van der Waals surface area contributed by atoms with E-state index in [0.717, 1.165) is 41.3 Å². The molecule has 3 heterocycles. The van der Waals surface area contributed by atoms with Crippen LogP contribution in [-0.2, 0) is 6.54 Å². The maximum Gasteiger partial charge on any atom is 0.191 e. The zero-order chi connectivity index (χ0) is 12.4. The second kappa shape index (κ2) is 6.56. The predicted octanol–water partition coefficient (Wildman–Crippen LogP) is 2.15. The molecule has 102 valence electrons. The quantitative estimate of drug-likeness (QED) is 0.710. The van der Waals surface area contributed by atoms with Gasteiger partial charge in [0.1, 0.15) is 5.65 Å². The van der Waals surface area contributed by atoms with Gasteiger partial charge in [-0.05, 0) is 34.5 Å². The van der Waals surface area contributed by atoms with Crippen molar-refractivity contribution in [1.29, 1.82) is 0 Å². The van der Waals surface area contributed by atoms with Gasteiger partial charge >= 0.3 is 0 Å². The van der Waals surface area contributed by atoms with E-state index in [9.17, 15) is 0 Å². The Hall–Kier alpha value is -0.830. The fourth-order valence-corrected chi connectivity index (χ4v) is 2.28. The summed E-state index contributed by atoms with van der Waals surface area (Å²) in [5.41, 5.74) is 1.96. The molecule has 19 heavy (non-hydrogen) atoms. The Morgan fingerprint density at radius 1 is 1.37 bits per heavy atom. The zero-order valence-electron chi connectivity index (χ0n) is 10.3. The minimum atomic E-state index is 0. The van der Waals surface area contributed by atoms with Gasteiger partial charge in [-0.1, -0.05) is 0 Å². The summed E-state index contributed by atoms with van der Waals surface area (Å²) in [4.78, 5) is 8.90. The van der Waals surface area contributed by atoms with Gasteiger partial charge in [0.05, 0.1) is 12.2 Å². The summed E-state index contributed by atoms with van der Waals surface area (Å²) in [6.45, 7) is 2.57. The summed E-state index contributed by atoms with van der Waals surface area (Å²) < 4.78 is 3.06. The molecule has 1 aliphatic rings. The monoisotopic (exact) mass is 435 g/mol. The van der Waals surface area contributed by atoms with E-state index in [2.05, 4.69) is 36.5 Å². The maximum absolute atomic E-state index is 4.54. The van der Waals surface area contributed by atoms with Crippen LogP contribution in [0.1, 0.15) is 12.1 Å². The summed E-state index contributed by atoms with van der Waals surface area (Å²) >= 11 is 3.45. The Bertz CT molecular complexity index is 595. The number of aliphatic imine (C=N–C) groups is 1. The Morgan fingerprint density at radius 2 is 2.26 bits per heavy atom. The number of hydrogen-bond acceptors (Lipinski definition) is 4. The van der Waals surface area contributed by atoms with Crippen LogP contribution in [0.3, 0.4) is 0 Å². The first kappa shape index (κ1) is 14.6. The van der Waals surface area contributed by atoms with E-state index in [-0.39, 0.29) is 24.0 Å². The highest BCUT2D eigenvalue weighted by molar-refractivity contribution is 14.0. The Balaban J connectivity index is 0.00000133. The van der Waals surface area contributed by atoms with Gasteiger partial charge in [-0.3, -0.25) is 4.99 Å². The molecular formula is C12H15BrIN5. The van der Waals surface area contributed by atoms with Gasteiger partial charge in [-0.15, -0.1) is 24.0 Å². The normalized spacial score (nSPS) is 14.5. The topological polar surface area (TPSA) is 53.7 Å². The van der Waals surface area contributed by atoms with Gasteiger partial charge in [0.25, 0.3) is 0 Å². The van der Waals surface area contributed by atoms with Crippen molar-refractivity contribution >= 4 is 51.5 Å². The van der Waals surface area contributed by atoms with E-state index in [4.69, 9.17) is 0 Å². The van der Waals surface area contributed by atoms with Crippen molar-refractivity contribution in [3.05, 3.63) is 34.7 Å². The first-order valence-corrected chi connectivity index (χ1v) is 6.76. The Labute approximate surface area is 137 Å². The third kappa shape index (κ3) is 3.59. The van der Waals surface area contributed by atoms with Gasteiger partial charge < -0.3 is 15.0 Å². The molecule has 0 saturated carbocycles. The van der Waals surface area contributed by atoms with Crippen molar-refractivity contribution in [2.45, 2.75) is 13.0 Å². The molecule has 7 heteroatoms. The van der Waals surface area contributed by atoms with Crippen molar-refractivity contribution in [2.75, 3.05) is 13.1 Å². The number of guanidine groups is 1. The largest absolute Gasteiger partial charge is 0.356 e. The van der Waals surface area contributed by atoms with Gasteiger partial charge in [0.2, 0.25) is 0 Å². The van der Waals surface area contributed by atoms with Gasteiger partial charge in [0.15, 0.2) is 5.96 Å². The zero-order valence-corrected chi connectivity index (χ0v) is 14.2. The lowest BCUT2D eigenvalue weighted by molar-refractivity contribution is 0.699. The number of aromatic nitrogens is 2. The van der Waals surface area contributed by atoms with Crippen molar-refractivity contribution in [2.24, 2.45) is 4.99 Å². The van der Waals surface area contributed by atoms with Crippen LogP contribution in [0.25, 0.3) is 5.65 Å². The van der Waals surface area contributed by atoms with Crippen LogP contribution in [0.4, 0.5) is 0 Å². The van der Waals surface area contributed by atoms with E-state index in [1.54, 1.807) is 0 Å². The number of pyridine rings is 1. The van der Waals surface area contributed by atoms with E-state index < -0.39 is 0 Å². The molecule has 1 aliphatic heterocycles. The van der Waals surface area contributed by atoms with Crippen LogP contribution in [0.15, 0.2) is 34.0 Å². The lowest BCUT2D eigenvalue weighted by atomic mass is 10.4. The van der Waals surface area contributed by atoms with E-state index >= 15 is 0 Å². The molecule has 0 bridgehead atoms. The molecule has 3 rings (SSSR count). The molecule has 2 N–H and O–H groups in total. The lowest BCUT2D eigenvalue weighted by Gasteiger charge is -2.15. The molecule has 0 aromatic carbocycles. The average molecular weight is 436 g/mol. The van der Waals surface area contributed by atoms with Gasteiger partial charge in [-0.25, -0.2) is 4.98 Å².